The van der Waals surface area contributed by atoms with Gasteiger partial charge in [-0.2, -0.15) is 13.2 Å². The molecular formula is C10H11ClF3N3O. The largest absolute Gasteiger partial charge is 0.433 e. The molecule has 0 bridgehead atoms. The molecule has 18 heavy (non-hydrogen) atoms. The Morgan fingerprint density at radius 3 is 2.78 bits per heavy atom. The highest BCUT2D eigenvalue weighted by Gasteiger charge is 2.34. The summed E-state index contributed by atoms with van der Waals surface area (Å²) in [6, 6.07) is 0.860. The van der Waals surface area contributed by atoms with E-state index in [0.717, 1.165) is 6.07 Å². The van der Waals surface area contributed by atoms with Crippen molar-refractivity contribution in [1.29, 1.82) is 0 Å². The van der Waals surface area contributed by atoms with Gasteiger partial charge in [0.25, 0.3) is 0 Å². The summed E-state index contributed by atoms with van der Waals surface area (Å²) in [4.78, 5) is 8.77. The Labute approximate surface area is 107 Å². The van der Waals surface area contributed by atoms with Crippen LogP contribution in [0.2, 0.25) is 5.28 Å². The zero-order chi connectivity index (χ0) is 13.3. The van der Waals surface area contributed by atoms with Crippen LogP contribution in [0.15, 0.2) is 6.07 Å². The lowest BCUT2D eigenvalue weighted by atomic mass is 10.2. The SMILES string of the molecule is C[C@@H]1COCCN1c1cc(C(F)(F)F)nc(Cl)n1. The van der Waals surface area contributed by atoms with Crippen LogP contribution in [0.25, 0.3) is 0 Å². The smallest absolute Gasteiger partial charge is 0.377 e. The molecule has 8 heteroatoms. The van der Waals surface area contributed by atoms with Crippen LogP contribution in [0.5, 0.6) is 0 Å². The number of nitrogens with zero attached hydrogens (tertiary/aromatic N) is 3. The van der Waals surface area contributed by atoms with Gasteiger partial charge in [-0.05, 0) is 18.5 Å². The van der Waals surface area contributed by atoms with E-state index in [2.05, 4.69) is 9.97 Å². The summed E-state index contributed by atoms with van der Waals surface area (Å²) >= 11 is 5.54. The maximum absolute atomic E-state index is 12.6. The number of hydrogen-bond donors (Lipinski definition) is 0. The molecule has 0 amide bonds. The molecular weight excluding hydrogens is 271 g/mol. The Morgan fingerprint density at radius 1 is 1.44 bits per heavy atom. The average molecular weight is 282 g/mol. The maximum atomic E-state index is 12.6. The summed E-state index contributed by atoms with van der Waals surface area (Å²) in [5.74, 6) is 0.179. The van der Waals surface area contributed by atoms with E-state index in [-0.39, 0.29) is 11.9 Å². The van der Waals surface area contributed by atoms with Gasteiger partial charge in [-0.15, -0.1) is 0 Å². The highest BCUT2D eigenvalue weighted by atomic mass is 35.5. The van der Waals surface area contributed by atoms with E-state index in [1.807, 2.05) is 6.92 Å². The van der Waals surface area contributed by atoms with Crippen molar-refractivity contribution >= 4 is 17.4 Å². The third-order valence-corrected chi connectivity index (χ3v) is 2.81. The van der Waals surface area contributed by atoms with Crippen LogP contribution in [0.4, 0.5) is 19.0 Å². The lowest BCUT2D eigenvalue weighted by Gasteiger charge is -2.34. The van der Waals surface area contributed by atoms with Crippen molar-refractivity contribution in [3.8, 4) is 0 Å². The Bertz CT molecular complexity index is 441. The summed E-state index contributed by atoms with van der Waals surface area (Å²) < 4.78 is 43.1. The highest BCUT2D eigenvalue weighted by Crippen LogP contribution is 2.31. The quantitative estimate of drug-likeness (QED) is 0.741. The predicted molar refractivity (Wildman–Crippen MR) is 59.7 cm³/mol. The number of alkyl halides is 3. The first-order valence-electron chi connectivity index (χ1n) is 5.34. The van der Waals surface area contributed by atoms with E-state index in [1.54, 1.807) is 4.90 Å². The minimum absolute atomic E-state index is 0.0502. The first-order chi connectivity index (χ1) is 8.38. The molecule has 2 heterocycles. The van der Waals surface area contributed by atoms with Crippen molar-refractivity contribution in [1.82, 2.24) is 9.97 Å². The van der Waals surface area contributed by atoms with Crippen molar-refractivity contribution in [3.05, 3.63) is 17.0 Å². The van der Waals surface area contributed by atoms with Crippen LogP contribution in [0.1, 0.15) is 12.6 Å². The van der Waals surface area contributed by atoms with Crippen LogP contribution in [-0.4, -0.2) is 35.8 Å². The van der Waals surface area contributed by atoms with Gasteiger partial charge in [0.05, 0.1) is 19.3 Å². The van der Waals surface area contributed by atoms with Crippen LogP contribution in [-0.2, 0) is 10.9 Å². The van der Waals surface area contributed by atoms with E-state index in [9.17, 15) is 13.2 Å². The lowest BCUT2D eigenvalue weighted by Crippen LogP contribution is -2.44. The standard InChI is InChI=1S/C10H11ClF3N3O/c1-6-5-18-3-2-17(6)8-4-7(10(12,13)14)15-9(11)16-8/h4,6H,2-3,5H2,1H3/t6-/m1/s1. The molecule has 0 aromatic carbocycles. The van der Waals surface area contributed by atoms with Crippen LogP contribution >= 0.6 is 11.6 Å². The number of anilines is 1. The van der Waals surface area contributed by atoms with Crippen molar-refractivity contribution in [2.24, 2.45) is 0 Å². The minimum Gasteiger partial charge on any atom is -0.377 e. The summed E-state index contributed by atoms with van der Waals surface area (Å²) in [6.07, 6.45) is -4.53. The summed E-state index contributed by atoms with van der Waals surface area (Å²) in [6.45, 7) is 3.23. The lowest BCUT2D eigenvalue weighted by molar-refractivity contribution is -0.141. The molecule has 1 aliphatic rings. The van der Waals surface area contributed by atoms with Crippen molar-refractivity contribution in [3.63, 3.8) is 0 Å². The van der Waals surface area contributed by atoms with Crippen LogP contribution in [0.3, 0.4) is 0 Å². The molecule has 0 spiro atoms. The van der Waals surface area contributed by atoms with Gasteiger partial charge in [0, 0.05) is 12.6 Å². The molecule has 1 aliphatic heterocycles. The van der Waals surface area contributed by atoms with Gasteiger partial charge in [0.1, 0.15) is 5.82 Å². The van der Waals surface area contributed by atoms with Gasteiger partial charge in [-0.1, -0.05) is 0 Å². The summed E-state index contributed by atoms with van der Waals surface area (Å²) in [5.41, 5.74) is -1.03. The fourth-order valence-corrected chi connectivity index (χ4v) is 1.94. The van der Waals surface area contributed by atoms with E-state index in [1.165, 1.54) is 0 Å². The monoisotopic (exact) mass is 281 g/mol. The fraction of sp³-hybridized carbons (Fsp3) is 0.600. The minimum atomic E-state index is -4.53. The molecule has 2 rings (SSSR count). The van der Waals surface area contributed by atoms with E-state index in [0.29, 0.717) is 19.8 Å². The Morgan fingerprint density at radius 2 is 2.17 bits per heavy atom. The molecule has 0 saturated carbocycles. The van der Waals surface area contributed by atoms with Gasteiger partial charge in [-0.25, -0.2) is 9.97 Å². The molecule has 1 saturated heterocycles. The third-order valence-electron chi connectivity index (χ3n) is 2.64. The Kier molecular flexibility index (Phi) is 3.63. The van der Waals surface area contributed by atoms with Gasteiger partial charge in [0.15, 0.2) is 5.69 Å². The highest BCUT2D eigenvalue weighted by molar-refractivity contribution is 6.28. The van der Waals surface area contributed by atoms with Crippen molar-refractivity contribution < 1.29 is 17.9 Å². The maximum Gasteiger partial charge on any atom is 0.433 e. The zero-order valence-electron chi connectivity index (χ0n) is 9.54. The molecule has 1 atom stereocenters. The van der Waals surface area contributed by atoms with Crippen molar-refractivity contribution in [2.75, 3.05) is 24.7 Å². The number of hydrogen-bond acceptors (Lipinski definition) is 4. The molecule has 1 fully saturated rings. The summed E-state index contributed by atoms with van der Waals surface area (Å²) in [5, 5.41) is -0.404. The number of aromatic nitrogens is 2. The van der Waals surface area contributed by atoms with Crippen LogP contribution in [0, 0.1) is 0 Å². The first-order valence-corrected chi connectivity index (χ1v) is 5.72. The average Bonchev–Trinajstić information content (AvgIpc) is 2.27. The number of rotatable bonds is 1. The third kappa shape index (κ3) is 2.84. The number of ether oxygens (including phenoxy) is 1. The normalized spacial score (nSPS) is 21.2. The van der Waals surface area contributed by atoms with Gasteiger partial charge in [0.2, 0.25) is 5.28 Å². The second-order valence-corrected chi connectivity index (χ2v) is 4.33. The molecule has 0 radical (unpaired) electrons. The fourth-order valence-electron chi connectivity index (χ4n) is 1.77. The second-order valence-electron chi connectivity index (χ2n) is 4.00. The van der Waals surface area contributed by atoms with Crippen molar-refractivity contribution in [2.45, 2.75) is 19.1 Å². The molecule has 0 unspecified atom stereocenters. The molecule has 0 aliphatic carbocycles. The molecule has 100 valence electrons. The predicted octanol–water partition coefficient (Wildman–Crippen LogP) is 2.37. The zero-order valence-corrected chi connectivity index (χ0v) is 10.3. The van der Waals surface area contributed by atoms with E-state index >= 15 is 0 Å². The Hall–Kier alpha value is -1.08. The summed E-state index contributed by atoms with van der Waals surface area (Å²) in [7, 11) is 0. The number of halogens is 4. The van der Waals surface area contributed by atoms with Gasteiger partial charge >= 0.3 is 6.18 Å². The van der Waals surface area contributed by atoms with E-state index < -0.39 is 17.2 Å². The van der Waals surface area contributed by atoms with Gasteiger partial charge in [-0.3, -0.25) is 0 Å². The second kappa shape index (κ2) is 4.89. The molecule has 1 aromatic rings. The van der Waals surface area contributed by atoms with Gasteiger partial charge < -0.3 is 9.64 Å². The topological polar surface area (TPSA) is 38.2 Å². The number of morpholine rings is 1. The molecule has 0 N–H and O–H groups in total. The first kappa shape index (κ1) is 13.4. The molecule has 4 nitrogen and oxygen atoms in total. The van der Waals surface area contributed by atoms with Crippen LogP contribution < -0.4 is 4.90 Å². The Balaban J connectivity index is 2.35. The molecule has 1 aromatic heterocycles. The van der Waals surface area contributed by atoms with E-state index in [4.69, 9.17) is 16.3 Å².